The van der Waals surface area contributed by atoms with E-state index in [1.807, 2.05) is 41.5 Å². The summed E-state index contributed by atoms with van der Waals surface area (Å²) in [4.78, 5) is 49.0. The Balaban J connectivity index is 2.87. The topological polar surface area (TPSA) is 150 Å². The third-order valence-corrected chi connectivity index (χ3v) is 6.53. The highest BCUT2D eigenvalue weighted by molar-refractivity contribution is 5.76. The molecule has 0 aliphatic rings. The van der Waals surface area contributed by atoms with Crippen molar-refractivity contribution in [1.29, 1.82) is 0 Å². The molecule has 0 saturated heterocycles. The summed E-state index contributed by atoms with van der Waals surface area (Å²) in [5.74, 6) is -0.720. The Morgan fingerprint density at radius 2 is 1.27 bits per heavy atom. The molecular weight excluding hydrogens is 534 g/mol. The number of rotatable bonds is 17. The first-order chi connectivity index (χ1) is 19.4. The summed E-state index contributed by atoms with van der Waals surface area (Å²) < 4.78 is 31.4. The van der Waals surface area contributed by atoms with Gasteiger partial charge in [0.05, 0.1) is 13.2 Å². The van der Waals surface area contributed by atoms with Gasteiger partial charge in [0, 0.05) is 6.42 Å². The van der Waals surface area contributed by atoms with Gasteiger partial charge in [0.1, 0.15) is 18.8 Å². The van der Waals surface area contributed by atoms with E-state index in [1.165, 1.54) is 12.1 Å². The second kappa shape index (κ2) is 18.9. The Hall–Kier alpha value is -3.34. The van der Waals surface area contributed by atoms with Crippen molar-refractivity contribution in [2.45, 2.75) is 92.7 Å². The summed E-state index contributed by atoms with van der Waals surface area (Å²) in [7, 11) is 0. The van der Waals surface area contributed by atoms with Crippen molar-refractivity contribution < 1.29 is 47.6 Å². The predicted octanol–water partition coefficient (Wildman–Crippen LogP) is 5.59. The summed E-state index contributed by atoms with van der Waals surface area (Å²) >= 11 is 0. The minimum atomic E-state index is -1.06. The smallest absolute Gasteiger partial charge is 0.462 e. The molecule has 0 saturated carbocycles. The lowest BCUT2D eigenvalue weighted by molar-refractivity contribution is -0.159. The van der Waals surface area contributed by atoms with Gasteiger partial charge in [-0.3, -0.25) is 9.59 Å². The highest BCUT2D eigenvalue weighted by atomic mass is 16.7. The van der Waals surface area contributed by atoms with Crippen molar-refractivity contribution in [2.75, 3.05) is 19.8 Å². The highest BCUT2D eigenvalue weighted by Crippen LogP contribution is 2.30. The fourth-order valence-corrected chi connectivity index (χ4v) is 3.09. The third kappa shape index (κ3) is 14.7. The Morgan fingerprint density at radius 1 is 0.732 bits per heavy atom. The molecule has 3 unspecified atom stereocenters. The van der Waals surface area contributed by atoms with Crippen LogP contribution in [0.1, 0.15) is 79.7 Å². The van der Waals surface area contributed by atoms with Crippen molar-refractivity contribution in [3.63, 3.8) is 0 Å². The monoisotopic (exact) mass is 581 g/mol. The molecule has 11 heteroatoms. The number of hydrogen-bond acceptors (Lipinski definition) is 11. The van der Waals surface area contributed by atoms with E-state index >= 15 is 0 Å². The largest absolute Gasteiger partial charge is 0.513 e. The maximum atomic E-state index is 12.6. The van der Waals surface area contributed by atoms with Gasteiger partial charge in [-0.05, 0) is 48.8 Å². The van der Waals surface area contributed by atoms with Crippen LogP contribution in [0, 0.1) is 17.8 Å². The minimum absolute atomic E-state index is 0.0242. The molecule has 0 spiro atoms. The molecule has 2 N–H and O–H groups in total. The van der Waals surface area contributed by atoms with E-state index in [1.54, 1.807) is 13.0 Å². The predicted molar refractivity (Wildman–Crippen MR) is 152 cm³/mol. The molecule has 0 heterocycles. The first kappa shape index (κ1) is 35.7. The lowest BCUT2D eigenvalue weighted by atomic mass is 10.1. The Bertz CT molecular complexity index is 982. The molecule has 232 valence electrons. The van der Waals surface area contributed by atoms with E-state index in [9.17, 15) is 19.2 Å². The van der Waals surface area contributed by atoms with Gasteiger partial charge in [-0.1, -0.05) is 66.9 Å². The van der Waals surface area contributed by atoms with Crippen molar-refractivity contribution in [1.82, 2.24) is 0 Å². The van der Waals surface area contributed by atoms with Crippen molar-refractivity contribution in [3.8, 4) is 11.5 Å². The van der Waals surface area contributed by atoms with E-state index in [0.717, 1.165) is 19.3 Å². The summed E-state index contributed by atoms with van der Waals surface area (Å²) in [6.45, 7) is 13.6. The first-order valence-corrected chi connectivity index (χ1v) is 14.3. The van der Waals surface area contributed by atoms with Gasteiger partial charge >= 0.3 is 24.2 Å². The lowest BCUT2D eigenvalue weighted by Crippen LogP contribution is -2.37. The van der Waals surface area contributed by atoms with Crippen LogP contribution in [-0.4, -0.2) is 56.2 Å². The Kier molecular flexibility index (Phi) is 16.5. The molecule has 41 heavy (non-hydrogen) atoms. The number of benzene rings is 1. The molecule has 0 aromatic heterocycles. The molecule has 0 amide bonds. The zero-order valence-electron chi connectivity index (χ0n) is 25.4. The summed E-state index contributed by atoms with van der Waals surface area (Å²) in [6, 6.07) is 3.34. The molecule has 11 nitrogen and oxygen atoms in total. The van der Waals surface area contributed by atoms with Crippen LogP contribution in [0.2, 0.25) is 0 Å². The van der Waals surface area contributed by atoms with E-state index in [0.29, 0.717) is 12.0 Å². The zero-order chi connectivity index (χ0) is 30.9. The van der Waals surface area contributed by atoms with E-state index < -0.39 is 30.4 Å². The third-order valence-electron chi connectivity index (χ3n) is 6.53. The number of hydrogen-bond donors (Lipinski definition) is 1. The van der Waals surface area contributed by atoms with Crippen LogP contribution in [0.25, 0.3) is 0 Å². The van der Waals surface area contributed by atoms with Crippen LogP contribution in [-0.2, 0) is 35.0 Å². The van der Waals surface area contributed by atoms with Gasteiger partial charge < -0.3 is 34.2 Å². The number of esters is 2. The summed E-state index contributed by atoms with van der Waals surface area (Å²) in [6.07, 6.45) is 0.199. The molecular formula is C30H47NO10. The number of carbonyl (C=O) groups is 4. The summed E-state index contributed by atoms with van der Waals surface area (Å²) in [5.41, 5.74) is 6.57. The SMILES string of the molecule is CCC(C)COC(=O)Oc1ccc(C[C@H](N)C(=O)O[C@@H](C)COC(=O)CC(C)CC)cc1OC(=O)OCC(C)CC. The maximum absolute atomic E-state index is 12.6. The maximum Gasteiger partial charge on any atom is 0.513 e. The fourth-order valence-electron chi connectivity index (χ4n) is 3.09. The van der Waals surface area contributed by atoms with Gasteiger partial charge in [0.2, 0.25) is 0 Å². The van der Waals surface area contributed by atoms with Crippen LogP contribution < -0.4 is 15.2 Å². The average molecular weight is 582 g/mol. The van der Waals surface area contributed by atoms with Crippen LogP contribution in [0.4, 0.5) is 9.59 Å². The van der Waals surface area contributed by atoms with Gasteiger partial charge in [0.25, 0.3) is 0 Å². The minimum Gasteiger partial charge on any atom is -0.462 e. The molecule has 0 radical (unpaired) electrons. The Labute approximate surface area is 243 Å². The fraction of sp³-hybridized carbons (Fsp3) is 0.667. The van der Waals surface area contributed by atoms with Crippen molar-refractivity contribution in [3.05, 3.63) is 23.8 Å². The van der Waals surface area contributed by atoms with Crippen LogP contribution in [0.3, 0.4) is 0 Å². The van der Waals surface area contributed by atoms with Crippen molar-refractivity contribution >= 4 is 24.2 Å². The second-order valence-electron chi connectivity index (χ2n) is 10.6. The normalized spacial score (nSPS) is 14.5. The van der Waals surface area contributed by atoms with Crippen molar-refractivity contribution in [2.24, 2.45) is 23.5 Å². The lowest BCUT2D eigenvalue weighted by Gasteiger charge is -2.18. The second-order valence-corrected chi connectivity index (χ2v) is 10.6. The molecule has 1 aromatic carbocycles. The number of carbonyl (C=O) groups excluding carboxylic acids is 4. The van der Waals surface area contributed by atoms with Gasteiger partial charge in [-0.15, -0.1) is 0 Å². The molecule has 5 atom stereocenters. The highest BCUT2D eigenvalue weighted by Gasteiger charge is 2.22. The van der Waals surface area contributed by atoms with Crippen LogP contribution in [0.5, 0.6) is 11.5 Å². The summed E-state index contributed by atoms with van der Waals surface area (Å²) in [5, 5.41) is 0. The van der Waals surface area contributed by atoms with E-state index in [4.69, 9.17) is 34.2 Å². The van der Waals surface area contributed by atoms with Gasteiger partial charge in [-0.2, -0.15) is 0 Å². The van der Waals surface area contributed by atoms with E-state index in [2.05, 4.69) is 0 Å². The first-order valence-electron chi connectivity index (χ1n) is 14.3. The van der Waals surface area contributed by atoms with Crippen LogP contribution in [0.15, 0.2) is 18.2 Å². The molecule has 0 bridgehead atoms. The molecule has 1 aromatic rings. The Morgan fingerprint density at radius 3 is 1.80 bits per heavy atom. The standard InChI is InChI=1S/C30H47NO10/c1-8-19(4)13-27(32)36-18-22(7)39-28(33)24(31)14-23-11-12-25(40-29(34)37-16-20(5)9-2)26(15-23)41-30(35)38-17-21(6)10-3/h11-12,15,19-22,24H,8-10,13-14,16-18,31H2,1-7H3/t19?,20?,21?,22-,24-/m0/s1. The van der Waals surface area contributed by atoms with Gasteiger partial charge in [-0.25, -0.2) is 9.59 Å². The molecule has 0 aliphatic carbocycles. The number of nitrogens with two attached hydrogens (primary N) is 1. The number of ether oxygens (including phenoxy) is 6. The quantitative estimate of drug-likeness (QED) is 0.139. The van der Waals surface area contributed by atoms with E-state index in [-0.39, 0.29) is 61.5 Å². The zero-order valence-corrected chi connectivity index (χ0v) is 25.4. The molecule has 0 aliphatic heterocycles. The van der Waals surface area contributed by atoms with Crippen LogP contribution >= 0.6 is 0 Å². The molecule has 1 rings (SSSR count). The van der Waals surface area contributed by atoms with Gasteiger partial charge in [0.15, 0.2) is 11.5 Å². The molecule has 0 fully saturated rings. The average Bonchev–Trinajstić information content (AvgIpc) is 2.94.